The Kier molecular flexibility index (Phi) is 1.99. The minimum Gasteiger partial charge on any atom is -0.492 e. The third-order valence-corrected chi connectivity index (χ3v) is 3.84. The van der Waals surface area contributed by atoms with Gasteiger partial charge in [0.2, 0.25) is 0 Å². The second-order valence-electron chi connectivity index (χ2n) is 4.77. The van der Waals surface area contributed by atoms with Crippen molar-refractivity contribution in [2.75, 3.05) is 19.7 Å². The van der Waals surface area contributed by atoms with Crippen molar-refractivity contribution in [1.82, 2.24) is 5.32 Å². The van der Waals surface area contributed by atoms with E-state index in [1.54, 1.807) is 0 Å². The second kappa shape index (κ2) is 3.24. The van der Waals surface area contributed by atoms with Crippen LogP contribution >= 0.6 is 0 Å². The molecule has 1 saturated heterocycles. The predicted molar refractivity (Wildman–Crippen MR) is 60.5 cm³/mol. The Morgan fingerprint density at radius 3 is 2.87 bits per heavy atom. The van der Waals surface area contributed by atoms with Crippen molar-refractivity contribution >= 4 is 0 Å². The number of fused-ring (bicyclic) bond motifs is 2. The van der Waals surface area contributed by atoms with E-state index in [0.717, 1.165) is 25.4 Å². The van der Waals surface area contributed by atoms with Gasteiger partial charge in [0.15, 0.2) is 0 Å². The normalized spacial score (nSPS) is 22.5. The summed E-state index contributed by atoms with van der Waals surface area (Å²) in [5.74, 6) is 1.15. The minimum atomic E-state index is 0.312. The molecule has 80 valence electrons. The van der Waals surface area contributed by atoms with Crippen LogP contribution in [0.25, 0.3) is 0 Å². The van der Waals surface area contributed by atoms with E-state index in [0.29, 0.717) is 5.41 Å². The number of nitrogens with one attached hydrogen (secondary N) is 1. The Morgan fingerprint density at radius 1 is 1.27 bits per heavy atom. The zero-order valence-corrected chi connectivity index (χ0v) is 9.18. The SMILES string of the molecule is Cc1cccc2c1OCC21CCNCC1. The molecule has 1 fully saturated rings. The molecule has 1 N–H and O–H groups in total. The van der Waals surface area contributed by atoms with Crippen LogP contribution < -0.4 is 10.1 Å². The molecule has 2 heterocycles. The molecule has 1 aromatic rings. The van der Waals surface area contributed by atoms with Crippen molar-refractivity contribution in [3.8, 4) is 5.75 Å². The molecular formula is C13H17NO. The van der Waals surface area contributed by atoms with E-state index in [4.69, 9.17) is 4.74 Å². The van der Waals surface area contributed by atoms with Gasteiger partial charge in [-0.3, -0.25) is 0 Å². The largest absolute Gasteiger partial charge is 0.492 e. The van der Waals surface area contributed by atoms with Gasteiger partial charge < -0.3 is 10.1 Å². The average Bonchev–Trinajstić information content (AvgIpc) is 2.61. The maximum atomic E-state index is 5.89. The molecule has 2 aliphatic heterocycles. The van der Waals surface area contributed by atoms with Crippen molar-refractivity contribution in [2.24, 2.45) is 0 Å². The molecule has 15 heavy (non-hydrogen) atoms. The fourth-order valence-corrected chi connectivity index (χ4v) is 2.87. The van der Waals surface area contributed by atoms with Crippen LogP contribution in [0.15, 0.2) is 18.2 Å². The summed E-state index contributed by atoms with van der Waals surface area (Å²) in [6.07, 6.45) is 2.42. The number of piperidine rings is 1. The van der Waals surface area contributed by atoms with E-state index in [1.165, 1.54) is 24.0 Å². The maximum Gasteiger partial charge on any atom is 0.126 e. The van der Waals surface area contributed by atoms with Crippen LogP contribution in [0.3, 0.4) is 0 Å². The first kappa shape index (κ1) is 9.22. The van der Waals surface area contributed by atoms with E-state index in [1.807, 2.05) is 0 Å². The highest BCUT2D eigenvalue weighted by Gasteiger charge is 2.41. The Hall–Kier alpha value is -1.02. The summed E-state index contributed by atoms with van der Waals surface area (Å²) >= 11 is 0. The van der Waals surface area contributed by atoms with Crippen LogP contribution in [0.5, 0.6) is 5.75 Å². The number of ether oxygens (including phenoxy) is 1. The highest BCUT2D eigenvalue weighted by Crippen LogP contribution is 2.45. The molecule has 0 radical (unpaired) electrons. The zero-order chi connectivity index (χ0) is 10.3. The molecule has 0 aromatic heterocycles. The van der Waals surface area contributed by atoms with Crippen LogP contribution in [0.1, 0.15) is 24.0 Å². The molecule has 2 nitrogen and oxygen atoms in total. The van der Waals surface area contributed by atoms with Crippen molar-refractivity contribution in [3.05, 3.63) is 29.3 Å². The molecule has 3 rings (SSSR count). The van der Waals surface area contributed by atoms with Gasteiger partial charge in [-0.1, -0.05) is 18.2 Å². The number of para-hydroxylation sites is 1. The van der Waals surface area contributed by atoms with Gasteiger partial charge in [-0.25, -0.2) is 0 Å². The molecule has 0 bridgehead atoms. The first-order valence-corrected chi connectivity index (χ1v) is 5.75. The van der Waals surface area contributed by atoms with Gasteiger partial charge in [0, 0.05) is 11.0 Å². The lowest BCUT2D eigenvalue weighted by atomic mass is 9.74. The molecule has 2 aliphatic rings. The third-order valence-electron chi connectivity index (χ3n) is 3.84. The standard InChI is InChI=1S/C13H17NO/c1-10-3-2-4-11-12(10)15-9-13(11)5-7-14-8-6-13/h2-4,14H,5-9H2,1H3. The van der Waals surface area contributed by atoms with Gasteiger partial charge in [-0.2, -0.15) is 0 Å². The molecule has 0 saturated carbocycles. The van der Waals surface area contributed by atoms with E-state index in [2.05, 4.69) is 30.4 Å². The molecule has 1 aromatic carbocycles. The summed E-state index contributed by atoms with van der Waals surface area (Å²) in [5.41, 5.74) is 3.04. The van der Waals surface area contributed by atoms with Crippen molar-refractivity contribution < 1.29 is 4.74 Å². The molecule has 0 atom stereocenters. The Bertz CT molecular complexity index is 380. The van der Waals surface area contributed by atoms with Crippen molar-refractivity contribution in [1.29, 1.82) is 0 Å². The monoisotopic (exact) mass is 203 g/mol. The first-order chi connectivity index (χ1) is 7.32. The van der Waals surface area contributed by atoms with Gasteiger partial charge in [-0.05, 0) is 38.4 Å². The number of rotatable bonds is 0. The van der Waals surface area contributed by atoms with Gasteiger partial charge in [0.1, 0.15) is 5.75 Å². The number of aryl methyl sites for hydroxylation is 1. The smallest absolute Gasteiger partial charge is 0.126 e. The molecule has 0 aliphatic carbocycles. The van der Waals surface area contributed by atoms with E-state index in [9.17, 15) is 0 Å². The van der Waals surface area contributed by atoms with Crippen LogP contribution in [0, 0.1) is 6.92 Å². The van der Waals surface area contributed by atoms with Gasteiger partial charge in [0.05, 0.1) is 6.61 Å². The maximum absolute atomic E-state index is 5.89. The molecule has 1 spiro atoms. The second-order valence-corrected chi connectivity index (χ2v) is 4.77. The summed E-state index contributed by atoms with van der Waals surface area (Å²) in [5, 5.41) is 3.43. The van der Waals surface area contributed by atoms with Crippen LogP contribution in [-0.2, 0) is 5.41 Å². The van der Waals surface area contributed by atoms with Gasteiger partial charge in [-0.15, -0.1) is 0 Å². The quantitative estimate of drug-likeness (QED) is 0.696. The van der Waals surface area contributed by atoms with Gasteiger partial charge >= 0.3 is 0 Å². The Balaban J connectivity index is 2.06. The summed E-state index contributed by atoms with van der Waals surface area (Å²) in [4.78, 5) is 0. The lowest BCUT2D eigenvalue weighted by molar-refractivity contribution is 0.220. The molecular weight excluding hydrogens is 186 g/mol. The van der Waals surface area contributed by atoms with Crippen molar-refractivity contribution in [3.63, 3.8) is 0 Å². The molecule has 0 unspecified atom stereocenters. The average molecular weight is 203 g/mol. The Labute approximate surface area is 90.6 Å². The van der Waals surface area contributed by atoms with Crippen LogP contribution in [-0.4, -0.2) is 19.7 Å². The number of benzene rings is 1. The first-order valence-electron chi connectivity index (χ1n) is 5.75. The fourth-order valence-electron chi connectivity index (χ4n) is 2.87. The van der Waals surface area contributed by atoms with E-state index in [-0.39, 0.29) is 0 Å². The zero-order valence-electron chi connectivity index (χ0n) is 9.18. The molecule has 0 amide bonds. The van der Waals surface area contributed by atoms with E-state index < -0.39 is 0 Å². The van der Waals surface area contributed by atoms with Gasteiger partial charge in [0.25, 0.3) is 0 Å². The van der Waals surface area contributed by atoms with Crippen molar-refractivity contribution in [2.45, 2.75) is 25.2 Å². The predicted octanol–water partition coefficient (Wildman–Crippen LogP) is 2.01. The third kappa shape index (κ3) is 1.28. The Morgan fingerprint density at radius 2 is 2.07 bits per heavy atom. The topological polar surface area (TPSA) is 21.3 Å². The van der Waals surface area contributed by atoms with Crippen LogP contribution in [0.4, 0.5) is 0 Å². The summed E-state index contributed by atoms with van der Waals surface area (Å²) in [6.45, 7) is 5.27. The lowest BCUT2D eigenvalue weighted by Crippen LogP contribution is -2.40. The highest BCUT2D eigenvalue weighted by molar-refractivity contribution is 5.48. The lowest BCUT2D eigenvalue weighted by Gasteiger charge is -2.32. The minimum absolute atomic E-state index is 0.312. The van der Waals surface area contributed by atoms with Crippen LogP contribution in [0.2, 0.25) is 0 Å². The number of hydrogen-bond acceptors (Lipinski definition) is 2. The fraction of sp³-hybridized carbons (Fsp3) is 0.538. The summed E-state index contributed by atoms with van der Waals surface area (Å²) < 4.78 is 5.89. The number of hydrogen-bond donors (Lipinski definition) is 1. The molecule has 2 heteroatoms. The highest BCUT2D eigenvalue weighted by atomic mass is 16.5. The summed E-state index contributed by atoms with van der Waals surface area (Å²) in [7, 11) is 0. The van der Waals surface area contributed by atoms with E-state index >= 15 is 0 Å². The summed E-state index contributed by atoms with van der Waals surface area (Å²) in [6, 6.07) is 6.55.